The van der Waals surface area contributed by atoms with Gasteiger partial charge in [0.15, 0.2) is 0 Å². The van der Waals surface area contributed by atoms with Crippen LogP contribution in [0.3, 0.4) is 0 Å². The zero-order valence-corrected chi connectivity index (χ0v) is 15.4. The van der Waals surface area contributed by atoms with Gasteiger partial charge in [-0.3, -0.25) is 4.98 Å². The summed E-state index contributed by atoms with van der Waals surface area (Å²) in [6.07, 6.45) is 3.10. The number of hydrogen-bond donors (Lipinski definition) is 1. The van der Waals surface area contributed by atoms with Crippen molar-refractivity contribution in [1.82, 2.24) is 4.98 Å². The van der Waals surface area contributed by atoms with Gasteiger partial charge in [-0.05, 0) is 64.8 Å². The predicted octanol–water partition coefficient (Wildman–Crippen LogP) is 3.54. The molecule has 1 fully saturated rings. The molecule has 3 rings (SSSR count). The van der Waals surface area contributed by atoms with Crippen molar-refractivity contribution >= 4 is 22.6 Å². The summed E-state index contributed by atoms with van der Waals surface area (Å²) < 4.78 is 5.53. The maximum atomic E-state index is 12.6. The number of nitrogens with zero attached hydrogens (tertiary/aromatic N) is 2. The third kappa shape index (κ3) is 4.10. The van der Waals surface area contributed by atoms with Crippen LogP contribution in [0.4, 0.5) is 5.69 Å². The van der Waals surface area contributed by atoms with Gasteiger partial charge in [0.25, 0.3) is 0 Å². The molecule has 0 bridgehead atoms. The van der Waals surface area contributed by atoms with Gasteiger partial charge in [0.05, 0.1) is 16.7 Å². The molecule has 1 aromatic heterocycles. The minimum atomic E-state index is -0.587. The summed E-state index contributed by atoms with van der Waals surface area (Å²) in [5.41, 5.74) is 1.22. The monoisotopic (exact) mass is 342 g/mol. The van der Waals surface area contributed by atoms with E-state index in [0.29, 0.717) is 5.56 Å². The molecular weight excluding hydrogens is 316 g/mol. The number of ether oxygens (including phenoxy) is 1. The fourth-order valence-corrected chi connectivity index (χ4v) is 3.09. The normalized spacial score (nSPS) is 17.6. The third-order valence-electron chi connectivity index (χ3n) is 4.55. The van der Waals surface area contributed by atoms with Crippen LogP contribution in [0.15, 0.2) is 30.5 Å². The molecule has 1 aliphatic rings. The molecule has 1 aromatic carbocycles. The highest BCUT2D eigenvalue weighted by Gasteiger charge is 2.28. The lowest BCUT2D eigenvalue weighted by Gasteiger charge is -2.37. The number of piperidine rings is 1. The van der Waals surface area contributed by atoms with Gasteiger partial charge >= 0.3 is 5.97 Å². The van der Waals surface area contributed by atoms with Crippen LogP contribution < -0.4 is 4.90 Å². The average Bonchev–Trinajstić information content (AvgIpc) is 2.52. The third-order valence-corrected chi connectivity index (χ3v) is 4.55. The van der Waals surface area contributed by atoms with Crippen molar-refractivity contribution in [2.75, 3.05) is 18.0 Å². The van der Waals surface area contributed by atoms with Crippen LogP contribution in [-0.4, -0.2) is 40.4 Å². The quantitative estimate of drug-likeness (QED) is 0.846. The van der Waals surface area contributed by atoms with Crippen LogP contribution in [-0.2, 0) is 4.74 Å². The summed E-state index contributed by atoms with van der Waals surface area (Å²) in [5.74, 6) is -0.335. The number of benzene rings is 1. The van der Waals surface area contributed by atoms with Gasteiger partial charge in [0.2, 0.25) is 0 Å². The zero-order valence-electron chi connectivity index (χ0n) is 15.4. The lowest BCUT2D eigenvalue weighted by Crippen LogP contribution is -2.42. The molecule has 5 nitrogen and oxygen atoms in total. The maximum absolute atomic E-state index is 12.6. The van der Waals surface area contributed by atoms with E-state index in [4.69, 9.17) is 4.74 Å². The van der Waals surface area contributed by atoms with Gasteiger partial charge < -0.3 is 14.7 Å². The topological polar surface area (TPSA) is 62.7 Å². The number of carbonyl (C=O) groups is 1. The smallest absolute Gasteiger partial charge is 0.339 e. The Labute approximate surface area is 148 Å². The molecule has 0 aliphatic carbocycles. The van der Waals surface area contributed by atoms with Crippen molar-refractivity contribution in [2.45, 2.75) is 51.7 Å². The molecule has 0 amide bonds. The summed E-state index contributed by atoms with van der Waals surface area (Å²) in [6.45, 7) is 9.05. The zero-order chi connectivity index (χ0) is 18.2. The summed E-state index contributed by atoms with van der Waals surface area (Å²) in [7, 11) is 0. The van der Waals surface area contributed by atoms with Gasteiger partial charge in [-0.25, -0.2) is 4.79 Å². The molecule has 1 saturated heterocycles. The van der Waals surface area contributed by atoms with Crippen molar-refractivity contribution < 1.29 is 14.6 Å². The Balaban J connectivity index is 1.94. The van der Waals surface area contributed by atoms with Crippen LogP contribution in [0.2, 0.25) is 0 Å². The van der Waals surface area contributed by atoms with E-state index in [2.05, 4.69) is 9.88 Å². The van der Waals surface area contributed by atoms with Gasteiger partial charge in [-0.15, -0.1) is 0 Å². The van der Waals surface area contributed by atoms with Crippen LogP contribution in [0.1, 0.15) is 50.9 Å². The molecular formula is C20H26N2O3. The Morgan fingerprint density at radius 1 is 1.24 bits per heavy atom. The molecule has 1 N–H and O–H groups in total. The summed E-state index contributed by atoms with van der Waals surface area (Å²) in [4.78, 5) is 19.2. The molecule has 1 aliphatic heterocycles. The number of fused-ring (bicyclic) bond motifs is 1. The highest BCUT2D eigenvalue weighted by Crippen LogP contribution is 2.29. The predicted molar refractivity (Wildman–Crippen MR) is 99.0 cm³/mol. The van der Waals surface area contributed by atoms with E-state index in [1.165, 1.54) is 0 Å². The average molecular weight is 342 g/mol. The summed E-state index contributed by atoms with van der Waals surface area (Å²) in [6, 6.07) is 7.67. The molecule has 2 heterocycles. The van der Waals surface area contributed by atoms with E-state index in [0.717, 1.165) is 42.5 Å². The Morgan fingerprint density at radius 2 is 1.92 bits per heavy atom. The first kappa shape index (κ1) is 17.7. The van der Waals surface area contributed by atoms with Crippen molar-refractivity contribution in [2.24, 2.45) is 0 Å². The highest BCUT2D eigenvalue weighted by atomic mass is 16.6. The van der Waals surface area contributed by atoms with Gasteiger partial charge in [0, 0.05) is 30.4 Å². The van der Waals surface area contributed by atoms with E-state index in [9.17, 15) is 9.90 Å². The Morgan fingerprint density at radius 3 is 2.56 bits per heavy atom. The Kier molecular flexibility index (Phi) is 4.45. The van der Waals surface area contributed by atoms with E-state index in [1.807, 2.05) is 45.9 Å². The SMILES string of the molecule is CC1(O)CCN(c2ccc3nccc(C(=O)OC(C)(C)C)c3c2)CC1. The molecule has 0 atom stereocenters. The number of esters is 1. The van der Waals surface area contributed by atoms with E-state index in [-0.39, 0.29) is 5.97 Å². The van der Waals surface area contributed by atoms with E-state index < -0.39 is 11.2 Å². The number of aliphatic hydroxyl groups is 1. The molecule has 134 valence electrons. The largest absolute Gasteiger partial charge is 0.456 e. The molecule has 5 heteroatoms. The molecule has 0 unspecified atom stereocenters. The van der Waals surface area contributed by atoms with Crippen molar-refractivity contribution in [1.29, 1.82) is 0 Å². The van der Waals surface area contributed by atoms with Crippen molar-refractivity contribution in [3.05, 3.63) is 36.0 Å². The van der Waals surface area contributed by atoms with Crippen LogP contribution >= 0.6 is 0 Å². The lowest BCUT2D eigenvalue weighted by atomic mass is 9.93. The van der Waals surface area contributed by atoms with Gasteiger partial charge in [-0.2, -0.15) is 0 Å². The van der Waals surface area contributed by atoms with E-state index >= 15 is 0 Å². The van der Waals surface area contributed by atoms with Crippen LogP contribution in [0.25, 0.3) is 10.9 Å². The van der Waals surface area contributed by atoms with Crippen LogP contribution in [0, 0.1) is 0 Å². The molecule has 0 saturated carbocycles. The van der Waals surface area contributed by atoms with Gasteiger partial charge in [0.1, 0.15) is 5.60 Å². The minimum Gasteiger partial charge on any atom is -0.456 e. The first-order chi connectivity index (χ1) is 11.6. The van der Waals surface area contributed by atoms with Gasteiger partial charge in [-0.1, -0.05) is 0 Å². The second-order valence-corrected chi connectivity index (χ2v) is 8.05. The molecule has 0 radical (unpaired) electrons. The lowest BCUT2D eigenvalue weighted by molar-refractivity contribution is 0.00716. The van der Waals surface area contributed by atoms with Crippen molar-refractivity contribution in [3.8, 4) is 0 Å². The second-order valence-electron chi connectivity index (χ2n) is 8.05. The minimum absolute atomic E-state index is 0.335. The highest BCUT2D eigenvalue weighted by molar-refractivity contribution is 6.04. The second kappa shape index (κ2) is 6.30. The number of anilines is 1. The van der Waals surface area contributed by atoms with Crippen LogP contribution in [0.5, 0.6) is 0 Å². The van der Waals surface area contributed by atoms with E-state index in [1.54, 1.807) is 12.3 Å². The summed E-state index contributed by atoms with van der Waals surface area (Å²) in [5, 5.41) is 10.9. The molecule has 25 heavy (non-hydrogen) atoms. The fourth-order valence-electron chi connectivity index (χ4n) is 3.09. The first-order valence-corrected chi connectivity index (χ1v) is 8.74. The number of rotatable bonds is 2. The number of hydrogen-bond acceptors (Lipinski definition) is 5. The molecule has 0 spiro atoms. The number of aromatic nitrogens is 1. The number of carbonyl (C=O) groups excluding carboxylic acids is 1. The fraction of sp³-hybridized carbons (Fsp3) is 0.500. The Bertz CT molecular complexity index is 783. The first-order valence-electron chi connectivity index (χ1n) is 8.74. The Hall–Kier alpha value is -2.14. The summed E-state index contributed by atoms with van der Waals surface area (Å²) >= 11 is 0. The molecule has 2 aromatic rings. The standard InChI is InChI=1S/C20H26N2O3/c1-19(2,3)25-18(23)15-7-10-21-17-6-5-14(13-16(15)17)22-11-8-20(4,24)9-12-22/h5-7,10,13,24H,8-9,11-12H2,1-4H3. The van der Waals surface area contributed by atoms with Crippen molar-refractivity contribution in [3.63, 3.8) is 0 Å². The number of pyridine rings is 1. The maximum Gasteiger partial charge on any atom is 0.339 e.